The maximum absolute atomic E-state index is 12.5. The standard InChI is InChI=1S/C16H14N2O6/c1-16(15(20)21)4-5-18(16)14(19)10-7-12(24-17-10)9-2-3-11-13(6-9)23-8-22-11/h2-3,6-7H,4-5,8H2,1H3,(H,20,21). The third kappa shape index (κ3) is 2.03. The lowest BCUT2D eigenvalue weighted by Gasteiger charge is -2.46. The number of ether oxygens (including phenoxy) is 2. The monoisotopic (exact) mass is 330 g/mol. The molecule has 24 heavy (non-hydrogen) atoms. The lowest BCUT2D eigenvalue weighted by atomic mass is 9.86. The number of hydrogen-bond acceptors (Lipinski definition) is 6. The summed E-state index contributed by atoms with van der Waals surface area (Å²) in [5.41, 5.74) is -0.417. The molecule has 0 spiro atoms. The fourth-order valence-electron chi connectivity index (χ4n) is 2.81. The highest BCUT2D eigenvalue weighted by atomic mass is 16.7. The molecule has 4 rings (SSSR count). The van der Waals surface area contributed by atoms with Gasteiger partial charge in [-0.3, -0.25) is 4.79 Å². The Kier molecular flexibility index (Phi) is 3.02. The van der Waals surface area contributed by atoms with E-state index >= 15 is 0 Å². The number of amides is 1. The average Bonchev–Trinajstić information content (AvgIpc) is 3.20. The van der Waals surface area contributed by atoms with Gasteiger partial charge < -0.3 is 24.0 Å². The highest BCUT2D eigenvalue weighted by Gasteiger charge is 2.50. The molecule has 1 aromatic heterocycles. The molecule has 0 saturated carbocycles. The van der Waals surface area contributed by atoms with Crippen molar-refractivity contribution in [2.24, 2.45) is 0 Å². The van der Waals surface area contributed by atoms with Crippen molar-refractivity contribution in [2.75, 3.05) is 13.3 Å². The van der Waals surface area contributed by atoms with E-state index in [1.54, 1.807) is 18.2 Å². The van der Waals surface area contributed by atoms with Crippen LogP contribution in [0.3, 0.4) is 0 Å². The SMILES string of the molecule is CC1(C(=O)O)CCN1C(=O)c1cc(-c2ccc3c(c2)OCO3)on1. The number of nitrogens with zero attached hydrogens (tertiary/aromatic N) is 2. The predicted octanol–water partition coefficient (Wildman–Crippen LogP) is 1.76. The van der Waals surface area contributed by atoms with Crippen molar-refractivity contribution in [3.8, 4) is 22.8 Å². The van der Waals surface area contributed by atoms with E-state index in [1.165, 1.54) is 17.9 Å². The fraction of sp³-hybridized carbons (Fsp3) is 0.312. The van der Waals surface area contributed by atoms with Crippen molar-refractivity contribution >= 4 is 11.9 Å². The van der Waals surface area contributed by atoms with Gasteiger partial charge in [-0.25, -0.2) is 4.79 Å². The Morgan fingerprint density at radius 3 is 2.75 bits per heavy atom. The maximum atomic E-state index is 12.5. The zero-order valence-electron chi connectivity index (χ0n) is 12.8. The van der Waals surface area contributed by atoms with E-state index in [0.717, 1.165) is 0 Å². The molecule has 2 aliphatic rings. The summed E-state index contributed by atoms with van der Waals surface area (Å²) in [6, 6.07) is 6.76. The van der Waals surface area contributed by atoms with Crippen LogP contribution in [0.4, 0.5) is 0 Å². The fourth-order valence-corrected chi connectivity index (χ4v) is 2.81. The van der Waals surface area contributed by atoms with Crippen LogP contribution in [0.1, 0.15) is 23.8 Å². The Bertz CT molecular complexity index is 845. The van der Waals surface area contributed by atoms with Gasteiger partial charge in [0.25, 0.3) is 5.91 Å². The molecule has 1 N–H and O–H groups in total. The number of fused-ring (bicyclic) bond motifs is 1. The van der Waals surface area contributed by atoms with Gasteiger partial charge in [-0.05, 0) is 31.5 Å². The quantitative estimate of drug-likeness (QED) is 0.914. The number of aliphatic carboxylic acids is 1. The van der Waals surface area contributed by atoms with Gasteiger partial charge in [0.2, 0.25) is 6.79 Å². The molecular formula is C16H14N2O6. The van der Waals surface area contributed by atoms with Crippen molar-refractivity contribution in [3.63, 3.8) is 0 Å². The van der Waals surface area contributed by atoms with Gasteiger partial charge in [0.15, 0.2) is 23.0 Å². The Balaban J connectivity index is 1.59. The lowest BCUT2D eigenvalue weighted by Crippen LogP contribution is -2.64. The summed E-state index contributed by atoms with van der Waals surface area (Å²) >= 11 is 0. The molecule has 1 amide bonds. The Labute approximate surface area is 136 Å². The second-order valence-corrected chi connectivity index (χ2v) is 5.93. The molecule has 8 heteroatoms. The number of carbonyl (C=O) groups is 2. The summed E-state index contributed by atoms with van der Waals surface area (Å²) < 4.78 is 15.8. The second kappa shape index (κ2) is 4.98. The highest BCUT2D eigenvalue weighted by molar-refractivity contribution is 5.98. The number of carbonyl (C=O) groups excluding carboxylic acids is 1. The van der Waals surface area contributed by atoms with Crippen molar-refractivity contribution in [2.45, 2.75) is 18.9 Å². The second-order valence-electron chi connectivity index (χ2n) is 5.93. The zero-order valence-corrected chi connectivity index (χ0v) is 12.8. The molecule has 1 saturated heterocycles. The van der Waals surface area contributed by atoms with E-state index in [9.17, 15) is 14.7 Å². The third-order valence-corrected chi connectivity index (χ3v) is 4.51. The minimum Gasteiger partial charge on any atom is -0.480 e. The van der Waals surface area contributed by atoms with Crippen molar-refractivity contribution in [1.82, 2.24) is 10.1 Å². The van der Waals surface area contributed by atoms with Crippen LogP contribution in [0.25, 0.3) is 11.3 Å². The number of carboxylic acid groups (broad SMARTS) is 1. The average molecular weight is 330 g/mol. The molecule has 0 aliphatic carbocycles. The normalized spacial score (nSPS) is 21.5. The van der Waals surface area contributed by atoms with Gasteiger partial charge in [0, 0.05) is 18.2 Å². The first-order valence-electron chi connectivity index (χ1n) is 7.41. The molecule has 0 bridgehead atoms. The number of hydrogen-bond donors (Lipinski definition) is 1. The van der Waals surface area contributed by atoms with Crippen LogP contribution < -0.4 is 9.47 Å². The lowest BCUT2D eigenvalue weighted by molar-refractivity contribution is -0.155. The minimum atomic E-state index is -1.19. The number of rotatable bonds is 3. The van der Waals surface area contributed by atoms with Crippen LogP contribution in [-0.2, 0) is 4.79 Å². The predicted molar refractivity (Wildman–Crippen MR) is 79.8 cm³/mol. The zero-order chi connectivity index (χ0) is 16.9. The number of likely N-dealkylation sites (tertiary alicyclic amines) is 1. The molecule has 2 aliphatic heterocycles. The first-order valence-corrected chi connectivity index (χ1v) is 7.41. The van der Waals surface area contributed by atoms with Crippen molar-refractivity contribution in [3.05, 3.63) is 30.0 Å². The summed E-state index contributed by atoms with van der Waals surface area (Å²) in [6.07, 6.45) is 0.418. The first kappa shape index (κ1) is 14.6. The number of benzene rings is 1. The molecule has 8 nitrogen and oxygen atoms in total. The van der Waals surface area contributed by atoms with Crippen LogP contribution >= 0.6 is 0 Å². The summed E-state index contributed by atoms with van der Waals surface area (Å²) in [7, 11) is 0. The van der Waals surface area contributed by atoms with Gasteiger partial charge >= 0.3 is 5.97 Å². The van der Waals surface area contributed by atoms with Gasteiger partial charge in [-0.15, -0.1) is 0 Å². The molecule has 124 valence electrons. The molecule has 1 atom stereocenters. The summed E-state index contributed by atoms with van der Waals surface area (Å²) in [5.74, 6) is 0.156. The Morgan fingerprint density at radius 1 is 1.25 bits per heavy atom. The van der Waals surface area contributed by atoms with Crippen LogP contribution in [0, 0.1) is 0 Å². The number of carboxylic acids is 1. The maximum Gasteiger partial charge on any atom is 0.329 e. The van der Waals surface area contributed by atoms with E-state index < -0.39 is 17.4 Å². The summed E-state index contributed by atoms with van der Waals surface area (Å²) in [5, 5.41) is 13.1. The molecule has 2 aromatic rings. The van der Waals surface area contributed by atoms with E-state index in [1.807, 2.05) is 0 Å². The van der Waals surface area contributed by atoms with Crippen LogP contribution in [0.15, 0.2) is 28.8 Å². The van der Waals surface area contributed by atoms with E-state index in [4.69, 9.17) is 14.0 Å². The van der Waals surface area contributed by atoms with Gasteiger partial charge in [-0.2, -0.15) is 0 Å². The van der Waals surface area contributed by atoms with E-state index in [-0.39, 0.29) is 12.5 Å². The van der Waals surface area contributed by atoms with Gasteiger partial charge in [-0.1, -0.05) is 5.16 Å². The van der Waals surface area contributed by atoms with E-state index in [0.29, 0.717) is 35.8 Å². The smallest absolute Gasteiger partial charge is 0.329 e. The molecular weight excluding hydrogens is 316 g/mol. The topological polar surface area (TPSA) is 102 Å². The molecule has 1 fully saturated rings. The van der Waals surface area contributed by atoms with Crippen LogP contribution in [0.2, 0.25) is 0 Å². The Morgan fingerprint density at radius 2 is 2.04 bits per heavy atom. The van der Waals surface area contributed by atoms with Crippen molar-refractivity contribution < 1.29 is 28.7 Å². The summed E-state index contributed by atoms with van der Waals surface area (Å²) in [4.78, 5) is 25.1. The third-order valence-electron chi connectivity index (χ3n) is 4.51. The largest absolute Gasteiger partial charge is 0.480 e. The Hall–Kier alpha value is -3.03. The first-order chi connectivity index (χ1) is 11.5. The molecule has 1 unspecified atom stereocenters. The van der Waals surface area contributed by atoms with E-state index in [2.05, 4.69) is 5.16 Å². The van der Waals surface area contributed by atoms with Crippen LogP contribution in [-0.4, -0.2) is 45.9 Å². The molecule has 3 heterocycles. The van der Waals surface area contributed by atoms with Crippen LogP contribution in [0.5, 0.6) is 11.5 Å². The van der Waals surface area contributed by atoms with Gasteiger partial charge in [0.05, 0.1) is 0 Å². The highest BCUT2D eigenvalue weighted by Crippen LogP contribution is 2.37. The molecule has 0 radical (unpaired) electrons. The minimum absolute atomic E-state index is 0.0786. The number of aromatic nitrogens is 1. The van der Waals surface area contributed by atoms with Gasteiger partial charge in [0.1, 0.15) is 5.54 Å². The molecule has 1 aromatic carbocycles. The van der Waals surface area contributed by atoms with Crippen molar-refractivity contribution in [1.29, 1.82) is 0 Å². The summed E-state index contributed by atoms with van der Waals surface area (Å²) in [6.45, 7) is 2.07.